The van der Waals surface area contributed by atoms with Crippen LogP contribution in [-0.2, 0) is 0 Å². The quantitative estimate of drug-likeness (QED) is 0.784. The molecular formula is C12H15N5O. The number of amides is 1. The number of likely N-dealkylation sites (N-methyl/N-ethyl adjacent to an activating group) is 1. The first kappa shape index (κ1) is 12.5. The molecule has 1 aromatic heterocycles. The second-order valence-electron chi connectivity index (χ2n) is 4.28. The zero-order valence-corrected chi connectivity index (χ0v) is 10.3. The molecule has 94 valence electrons. The molecule has 0 aromatic carbocycles. The summed E-state index contributed by atoms with van der Waals surface area (Å²) in [6.45, 7) is 3.47. The maximum atomic E-state index is 11.9. The molecule has 0 spiro atoms. The first-order valence-electron chi connectivity index (χ1n) is 5.79. The predicted octanol–water partition coefficient (Wildman–Crippen LogP) is -0.155. The molecule has 0 unspecified atom stereocenters. The maximum Gasteiger partial charge on any atom is 0.284 e. The van der Waals surface area contributed by atoms with Gasteiger partial charge in [-0.05, 0) is 19.2 Å². The summed E-state index contributed by atoms with van der Waals surface area (Å²) >= 11 is 0. The Morgan fingerprint density at radius 1 is 1.39 bits per heavy atom. The standard InChI is InChI=1S/C12H15N5O/c1-16-4-6-17(7-5-16)15-12(18)11-3-2-10(8-13)9-14-11/h2-3,9H,4-7H2,1H3,(H,15,18). The predicted molar refractivity (Wildman–Crippen MR) is 65.5 cm³/mol. The molecule has 6 nitrogen and oxygen atoms in total. The minimum atomic E-state index is -0.232. The van der Waals surface area contributed by atoms with E-state index in [0.29, 0.717) is 11.3 Å². The lowest BCUT2D eigenvalue weighted by molar-refractivity contribution is 0.0658. The van der Waals surface area contributed by atoms with Crippen molar-refractivity contribution in [3.8, 4) is 6.07 Å². The zero-order chi connectivity index (χ0) is 13.0. The Balaban J connectivity index is 1.93. The van der Waals surface area contributed by atoms with Crippen LogP contribution in [-0.4, -0.2) is 54.0 Å². The summed E-state index contributed by atoms with van der Waals surface area (Å²) in [6, 6.07) is 5.12. The Labute approximate surface area is 106 Å². The average Bonchev–Trinajstić information content (AvgIpc) is 2.41. The number of piperazine rings is 1. The van der Waals surface area contributed by atoms with Gasteiger partial charge in [0.05, 0.1) is 5.56 Å². The van der Waals surface area contributed by atoms with Crippen molar-refractivity contribution in [2.45, 2.75) is 0 Å². The van der Waals surface area contributed by atoms with Crippen LogP contribution >= 0.6 is 0 Å². The van der Waals surface area contributed by atoms with Crippen LogP contribution < -0.4 is 5.43 Å². The number of hydrogen-bond acceptors (Lipinski definition) is 5. The first-order chi connectivity index (χ1) is 8.69. The van der Waals surface area contributed by atoms with Gasteiger partial charge in [0.1, 0.15) is 11.8 Å². The van der Waals surface area contributed by atoms with Crippen molar-refractivity contribution in [1.82, 2.24) is 20.3 Å². The molecule has 0 bridgehead atoms. The third-order valence-corrected chi connectivity index (χ3v) is 2.89. The van der Waals surface area contributed by atoms with Crippen molar-refractivity contribution in [2.75, 3.05) is 33.2 Å². The number of hydrazine groups is 1. The minimum Gasteiger partial charge on any atom is -0.304 e. The van der Waals surface area contributed by atoms with E-state index in [-0.39, 0.29) is 5.91 Å². The summed E-state index contributed by atoms with van der Waals surface area (Å²) in [4.78, 5) is 18.1. The van der Waals surface area contributed by atoms with Crippen LogP contribution in [0.2, 0.25) is 0 Å². The fourth-order valence-electron chi connectivity index (χ4n) is 1.71. The Hall–Kier alpha value is -1.97. The molecule has 1 aliphatic rings. The average molecular weight is 245 g/mol. The lowest BCUT2D eigenvalue weighted by Gasteiger charge is -2.32. The van der Waals surface area contributed by atoms with E-state index in [9.17, 15) is 4.79 Å². The van der Waals surface area contributed by atoms with Gasteiger partial charge in [0, 0.05) is 32.4 Å². The third-order valence-electron chi connectivity index (χ3n) is 2.89. The molecule has 0 saturated carbocycles. The fourth-order valence-corrected chi connectivity index (χ4v) is 1.71. The Kier molecular flexibility index (Phi) is 3.87. The number of pyridine rings is 1. The van der Waals surface area contributed by atoms with Gasteiger partial charge in [-0.25, -0.2) is 9.99 Å². The highest BCUT2D eigenvalue weighted by Gasteiger charge is 2.16. The van der Waals surface area contributed by atoms with Crippen molar-refractivity contribution < 1.29 is 4.79 Å². The molecule has 1 amide bonds. The van der Waals surface area contributed by atoms with Gasteiger partial charge in [0.25, 0.3) is 5.91 Å². The van der Waals surface area contributed by atoms with Crippen molar-refractivity contribution in [3.63, 3.8) is 0 Å². The Bertz CT molecular complexity index is 456. The number of nitriles is 1. The van der Waals surface area contributed by atoms with Crippen LogP contribution in [0.5, 0.6) is 0 Å². The van der Waals surface area contributed by atoms with E-state index in [1.165, 1.54) is 6.20 Å². The van der Waals surface area contributed by atoms with Crippen LogP contribution in [0.15, 0.2) is 18.3 Å². The smallest absolute Gasteiger partial charge is 0.284 e. The second kappa shape index (κ2) is 5.58. The molecule has 6 heteroatoms. The number of rotatable bonds is 2. The highest BCUT2D eigenvalue weighted by atomic mass is 16.2. The minimum absolute atomic E-state index is 0.232. The number of carbonyl (C=O) groups is 1. The fraction of sp³-hybridized carbons (Fsp3) is 0.417. The Morgan fingerprint density at radius 2 is 2.11 bits per heavy atom. The summed E-state index contributed by atoms with van der Waals surface area (Å²) in [5, 5.41) is 10.5. The molecule has 1 N–H and O–H groups in total. The molecule has 1 fully saturated rings. The molecule has 1 aromatic rings. The summed E-state index contributed by atoms with van der Waals surface area (Å²) < 4.78 is 0. The molecule has 18 heavy (non-hydrogen) atoms. The highest BCUT2D eigenvalue weighted by molar-refractivity contribution is 5.91. The number of nitrogens with zero attached hydrogens (tertiary/aromatic N) is 4. The Morgan fingerprint density at radius 3 is 2.67 bits per heavy atom. The molecule has 0 radical (unpaired) electrons. The van der Waals surface area contributed by atoms with E-state index in [2.05, 4.69) is 22.4 Å². The SMILES string of the molecule is CN1CCN(NC(=O)c2ccc(C#N)cn2)CC1. The van der Waals surface area contributed by atoms with Gasteiger partial charge >= 0.3 is 0 Å². The van der Waals surface area contributed by atoms with E-state index < -0.39 is 0 Å². The van der Waals surface area contributed by atoms with E-state index in [4.69, 9.17) is 5.26 Å². The van der Waals surface area contributed by atoms with Crippen molar-refractivity contribution in [1.29, 1.82) is 5.26 Å². The van der Waals surface area contributed by atoms with Crippen molar-refractivity contribution >= 4 is 5.91 Å². The summed E-state index contributed by atoms with van der Waals surface area (Å²) in [5.74, 6) is -0.232. The van der Waals surface area contributed by atoms with E-state index in [1.807, 2.05) is 11.1 Å². The van der Waals surface area contributed by atoms with E-state index >= 15 is 0 Å². The summed E-state index contributed by atoms with van der Waals surface area (Å²) in [6.07, 6.45) is 1.40. The monoisotopic (exact) mass is 245 g/mol. The van der Waals surface area contributed by atoms with Crippen LogP contribution in [0, 0.1) is 11.3 Å². The lowest BCUT2D eigenvalue weighted by Crippen LogP contribution is -2.52. The molecule has 1 aliphatic heterocycles. The lowest BCUT2D eigenvalue weighted by atomic mass is 10.2. The molecular weight excluding hydrogens is 230 g/mol. The van der Waals surface area contributed by atoms with Gasteiger partial charge in [0.2, 0.25) is 0 Å². The van der Waals surface area contributed by atoms with Gasteiger partial charge in [-0.3, -0.25) is 10.2 Å². The molecule has 2 rings (SSSR count). The van der Waals surface area contributed by atoms with Crippen molar-refractivity contribution in [3.05, 3.63) is 29.6 Å². The van der Waals surface area contributed by atoms with E-state index in [0.717, 1.165) is 26.2 Å². The third kappa shape index (κ3) is 3.03. The summed E-state index contributed by atoms with van der Waals surface area (Å²) in [7, 11) is 2.06. The highest BCUT2D eigenvalue weighted by Crippen LogP contribution is 2.01. The van der Waals surface area contributed by atoms with Gasteiger partial charge in [-0.1, -0.05) is 0 Å². The molecule has 0 atom stereocenters. The van der Waals surface area contributed by atoms with Crippen molar-refractivity contribution in [2.24, 2.45) is 0 Å². The first-order valence-corrected chi connectivity index (χ1v) is 5.79. The topological polar surface area (TPSA) is 72.3 Å². The van der Waals surface area contributed by atoms with Gasteiger partial charge in [0.15, 0.2) is 0 Å². The van der Waals surface area contributed by atoms with Crippen LogP contribution in [0.4, 0.5) is 0 Å². The molecule has 1 saturated heterocycles. The largest absolute Gasteiger partial charge is 0.304 e. The van der Waals surface area contributed by atoms with E-state index in [1.54, 1.807) is 12.1 Å². The number of nitrogens with one attached hydrogen (secondary N) is 1. The van der Waals surface area contributed by atoms with Crippen LogP contribution in [0.3, 0.4) is 0 Å². The molecule has 0 aliphatic carbocycles. The van der Waals surface area contributed by atoms with Gasteiger partial charge in [-0.15, -0.1) is 0 Å². The van der Waals surface area contributed by atoms with Gasteiger partial charge in [-0.2, -0.15) is 5.26 Å². The second-order valence-corrected chi connectivity index (χ2v) is 4.28. The maximum absolute atomic E-state index is 11.9. The normalized spacial score (nSPS) is 17.1. The zero-order valence-electron chi connectivity index (χ0n) is 10.3. The van der Waals surface area contributed by atoms with Gasteiger partial charge < -0.3 is 4.90 Å². The number of aromatic nitrogens is 1. The summed E-state index contributed by atoms with van der Waals surface area (Å²) in [5.41, 5.74) is 3.59. The molecule has 2 heterocycles. The van der Waals surface area contributed by atoms with Crippen LogP contribution in [0.1, 0.15) is 16.1 Å². The number of hydrogen-bond donors (Lipinski definition) is 1. The van der Waals surface area contributed by atoms with Crippen LogP contribution in [0.25, 0.3) is 0 Å². The number of carbonyl (C=O) groups excluding carboxylic acids is 1.